The van der Waals surface area contributed by atoms with Crippen molar-refractivity contribution in [3.8, 4) is 46.0 Å². The molecule has 4 fully saturated rings. The Kier molecular flexibility index (Phi) is 11.4. The van der Waals surface area contributed by atoms with Gasteiger partial charge >= 0.3 is 11.9 Å². The van der Waals surface area contributed by atoms with Gasteiger partial charge in [0.25, 0.3) is 0 Å². The number of aliphatic carboxylic acids is 1. The van der Waals surface area contributed by atoms with Gasteiger partial charge < -0.3 is 60.5 Å². The number of esters is 1. The molecule has 3 aromatic rings. The number of aromatic hydroxyl groups is 7. The number of fused-ring (bicyclic) bond motifs is 8. The SMILES string of the molecule is CC1(C)CCC2(C(=O)O)C(O)CC3(C)C(=CCC4C5(C)CCC(O)C(C)(C)C5CCC43C)C2C1.O=C(OC1Cc2c(O)cc(O)cc2OC1c1ccc(O)c(O)c1)c1cc(O)c(O)c(O)c1. The second-order valence-electron chi connectivity index (χ2n) is 22.4. The predicted molar refractivity (Wildman–Crippen MR) is 241 cm³/mol. The number of aliphatic hydroxyl groups excluding tert-OH is 2. The highest BCUT2D eigenvalue weighted by atomic mass is 16.6. The summed E-state index contributed by atoms with van der Waals surface area (Å²) in [4.78, 5) is 25.5. The van der Waals surface area contributed by atoms with E-state index in [1.807, 2.05) is 0 Å². The molecule has 1 heterocycles. The second kappa shape index (κ2) is 15.9. The largest absolute Gasteiger partial charge is 0.508 e. The lowest BCUT2D eigenvalue weighted by molar-refractivity contribution is -0.218. The summed E-state index contributed by atoms with van der Waals surface area (Å²) in [5.41, 5.74) is 0.619. The standard InChI is InChI=1S/C30H48O4.C22H18O10/c1-25(2)14-15-30(24(33)34)19(16-25)18-8-9-21-27(5)12-11-22(31)26(3,4)20(27)10-13-28(21,6)29(18,7)17-23(30)32;23-11-6-14(25)12-8-19(32-22(30)10-4-16(27)20(29)17(28)5-10)21(31-18(12)7-11)9-1-2-13(24)15(26)3-9/h8,19-23,31-32H,9-17H2,1-7H3,(H,33,34);1-7,19,21,23-29H,8H2. The molecule has 6 aliphatic rings. The molecule has 66 heavy (non-hydrogen) atoms. The van der Waals surface area contributed by atoms with Crippen LogP contribution in [-0.4, -0.2) is 81.3 Å². The average Bonchev–Trinajstić information content (AvgIpc) is 3.22. The summed E-state index contributed by atoms with van der Waals surface area (Å²) in [7, 11) is 0. The third-order valence-corrected chi connectivity index (χ3v) is 18.1. The highest BCUT2D eigenvalue weighted by Gasteiger charge is 2.71. The molecule has 0 radical (unpaired) electrons. The van der Waals surface area contributed by atoms with Gasteiger partial charge in [0, 0.05) is 29.7 Å². The first-order valence-corrected chi connectivity index (χ1v) is 23.2. The van der Waals surface area contributed by atoms with Crippen molar-refractivity contribution in [1.29, 1.82) is 0 Å². The van der Waals surface area contributed by atoms with Gasteiger partial charge in [0.2, 0.25) is 0 Å². The summed E-state index contributed by atoms with van der Waals surface area (Å²) in [6.45, 7) is 16.4. The predicted octanol–water partition coefficient (Wildman–Crippen LogP) is 8.73. The number of allylic oxidation sites excluding steroid dienone is 2. The number of carbonyl (C=O) groups excluding carboxylic acids is 1. The number of ether oxygens (including phenoxy) is 2. The van der Waals surface area contributed by atoms with Crippen LogP contribution >= 0.6 is 0 Å². The van der Waals surface area contributed by atoms with Crippen molar-refractivity contribution in [3.05, 3.63) is 70.8 Å². The minimum absolute atomic E-state index is 0.0218. The third-order valence-electron chi connectivity index (χ3n) is 18.1. The summed E-state index contributed by atoms with van der Waals surface area (Å²) in [5.74, 6) is -4.34. The minimum atomic E-state index is -1.06. The van der Waals surface area contributed by atoms with E-state index in [0.717, 1.165) is 63.1 Å². The van der Waals surface area contributed by atoms with Gasteiger partial charge in [0.05, 0.1) is 17.8 Å². The molecule has 3 aromatic carbocycles. The maximum atomic E-state index is 12.8. The maximum absolute atomic E-state index is 12.8. The van der Waals surface area contributed by atoms with Crippen molar-refractivity contribution in [3.63, 3.8) is 0 Å². The molecule has 1 aliphatic heterocycles. The Labute approximate surface area is 385 Å². The van der Waals surface area contributed by atoms with E-state index in [1.165, 1.54) is 29.8 Å². The van der Waals surface area contributed by atoms with Crippen LogP contribution in [0.3, 0.4) is 0 Å². The number of aliphatic hydroxyl groups is 2. The van der Waals surface area contributed by atoms with Crippen LogP contribution in [0.15, 0.2) is 54.1 Å². The Bertz CT molecular complexity index is 2450. The van der Waals surface area contributed by atoms with Crippen LogP contribution in [0.2, 0.25) is 0 Å². The van der Waals surface area contributed by atoms with Gasteiger partial charge in [-0.15, -0.1) is 0 Å². The number of benzene rings is 3. The molecule has 0 saturated heterocycles. The van der Waals surface area contributed by atoms with Crippen molar-refractivity contribution in [2.75, 3.05) is 0 Å². The zero-order valence-corrected chi connectivity index (χ0v) is 38.8. The minimum Gasteiger partial charge on any atom is -0.508 e. The van der Waals surface area contributed by atoms with Crippen LogP contribution in [0.1, 0.15) is 134 Å². The first-order valence-electron chi connectivity index (χ1n) is 23.2. The van der Waals surface area contributed by atoms with E-state index >= 15 is 0 Å². The molecule has 10 N–H and O–H groups in total. The monoisotopic (exact) mass is 914 g/mol. The van der Waals surface area contributed by atoms with Crippen LogP contribution < -0.4 is 4.74 Å². The molecule has 0 aromatic heterocycles. The van der Waals surface area contributed by atoms with Gasteiger partial charge in [-0.1, -0.05) is 66.2 Å². The van der Waals surface area contributed by atoms with Crippen LogP contribution in [0.4, 0.5) is 0 Å². The third kappa shape index (κ3) is 7.19. The molecule has 0 bridgehead atoms. The van der Waals surface area contributed by atoms with Gasteiger partial charge in [-0.05, 0) is 127 Å². The quantitative estimate of drug-likeness (QED) is 0.0668. The van der Waals surface area contributed by atoms with Crippen molar-refractivity contribution in [2.45, 2.75) is 137 Å². The van der Waals surface area contributed by atoms with Crippen LogP contribution in [0.25, 0.3) is 0 Å². The van der Waals surface area contributed by atoms with Gasteiger partial charge in [-0.2, -0.15) is 0 Å². The number of hydrogen-bond donors (Lipinski definition) is 10. The van der Waals surface area contributed by atoms with Crippen molar-refractivity contribution in [2.24, 2.45) is 50.2 Å². The molecular formula is C52H66O14. The normalized spacial score (nSPS) is 35.9. The number of phenols is 7. The Morgan fingerprint density at radius 2 is 1.39 bits per heavy atom. The number of phenolic OH excluding ortho intramolecular Hbond substituents is 7. The van der Waals surface area contributed by atoms with Crippen LogP contribution in [0.5, 0.6) is 46.0 Å². The maximum Gasteiger partial charge on any atom is 0.338 e. The molecule has 14 nitrogen and oxygen atoms in total. The van der Waals surface area contributed by atoms with Gasteiger partial charge in [-0.3, -0.25) is 4.79 Å². The lowest BCUT2D eigenvalue weighted by Gasteiger charge is -2.71. The van der Waals surface area contributed by atoms with Gasteiger partial charge in [0.15, 0.2) is 34.9 Å². The highest BCUT2D eigenvalue weighted by Crippen LogP contribution is 2.75. The Morgan fingerprint density at radius 3 is 2.05 bits per heavy atom. The Morgan fingerprint density at radius 1 is 0.712 bits per heavy atom. The van der Waals surface area contributed by atoms with Crippen LogP contribution in [-0.2, 0) is 16.0 Å². The molecule has 14 heteroatoms. The Balaban J connectivity index is 0.000000180. The van der Waals surface area contributed by atoms with Crippen LogP contribution in [0, 0.1) is 50.2 Å². The summed E-state index contributed by atoms with van der Waals surface area (Å²) in [5, 5.41) is 101. The molecular weight excluding hydrogens is 849 g/mol. The average molecular weight is 915 g/mol. The summed E-state index contributed by atoms with van der Waals surface area (Å²) < 4.78 is 11.4. The summed E-state index contributed by atoms with van der Waals surface area (Å²) in [6, 6.07) is 8.07. The Hall–Kier alpha value is -5.34. The first-order chi connectivity index (χ1) is 30.7. The zero-order valence-electron chi connectivity index (χ0n) is 38.8. The first kappa shape index (κ1) is 47.2. The molecule has 11 unspecified atom stereocenters. The molecule has 358 valence electrons. The number of carboxylic acid groups (broad SMARTS) is 1. The fourth-order valence-corrected chi connectivity index (χ4v) is 14.2. The molecule has 9 rings (SSSR count). The number of carboxylic acids is 1. The van der Waals surface area contributed by atoms with Gasteiger partial charge in [0.1, 0.15) is 28.8 Å². The van der Waals surface area contributed by atoms with E-state index < -0.39 is 58.7 Å². The van der Waals surface area contributed by atoms with Crippen molar-refractivity contribution < 1.29 is 70.1 Å². The number of rotatable bonds is 4. The van der Waals surface area contributed by atoms with E-state index in [4.69, 9.17) is 9.47 Å². The molecule has 5 aliphatic carbocycles. The smallest absolute Gasteiger partial charge is 0.338 e. The van der Waals surface area contributed by atoms with E-state index in [9.17, 15) is 60.7 Å². The highest BCUT2D eigenvalue weighted by molar-refractivity contribution is 5.91. The fourth-order valence-electron chi connectivity index (χ4n) is 14.2. The van der Waals surface area contributed by atoms with E-state index in [-0.39, 0.29) is 79.6 Å². The summed E-state index contributed by atoms with van der Waals surface area (Å²) >= 11 is 0. The molecule has 11 atom stereocenters. The zero-order chi connectivity index (χ0) is 48.3. The fraction of sp³-hybridized carbons (Fsp3) is 0.577. The van der Waals surface area contributed by atoms with Crippen molar-refractivity contribution in [1.82, 2.24) is 0 Å². The molecule has 4 saturated carbocycles. The summed E-state index contributed by atoms with van der Waals surface area (Å²) in [6.07, 6.45) is 7.22. The number of hydrogen-bond acceptors (Lipinski definition) is 13. The topological polar surface area (TPSA) is 255 Å². The second-order valence-corrected chi connectivity index (χ2v) is 22.4. The molecule has 0 amide bonds. The van der Waals surface area contributed by atoms with E-state index in [1.54, 1.807) is 0 Å². The van der Waals surface area contributed by atoms with E-state index in [0.29, 0.717) is 30.2 Å². The van der Waals surface area contributed by atoms with Gasteiger partial charge in [-0.25, -0.2) is 4.79 Å². The van der Waals surface area contributed by atoms with Crippen molar-refractivity contribution >= 4 is 11.9 Å². The van der Waals surface area contributed by atoms with E-state index in [2.05, 4.69) is 54.5 Å². The lowest BCUT2D eigenvalue weighted by Crippen LogP contribution is -2.67. The molecule has 0 spiro atoms. The lowest BCUT2D eigenvalue weighted by atomic mass is 9.33. The number of carbonyl (C=O) groups is 2.